The van der Waals surface area contributed by atoms with Gasteiger partial charge in [0.2, 0.25) is 0 Å². The van der Waals surface area contributed by atoms with Gasteiger partial charge in [-0.1, -0.05) is 28.1 Å². The van der Waals surface area contributed by atoms with Crippen LogP contribution in [-0.4, -0.2) is 14.4 Å². The van der Waals surface area contributed by atoms with Crippen molar-refractivity contribution >= 4 is 21.6 Å². The third kappa shape index (κ3) is 1.51. The van der Waals surface area contributed by atoms with Crippen molar-refractivity contribution in [2.75, 3.05) is 0 Å². The maximum absolute atomic E-state index is 4.39. The Kier molecular flexibility index (Phi) is 2.22. The van der Waals surface area contributed by atoms with Crippen LogP contribution in [0.5, 0.6) is 0 Å². The second-order valence-corrected chi connectivity index (χ2v) is 4.36. The van der Waals surface area contributed by atoms with E-state index < -0.39 is 0 Å². The number of aromatic nitrogens is 3. The molecule has 3 aromatic rings. The monoisotopic (exact) mass is 273 g/mol. The Morgan fingerprint density at radius 1 is 1.12 bits per heavy atom. The van der Waals surface area contributed by atoms with Gasteiger partial charge in [0.05, 0.1) is 6.20 Å². The normalized spacial score (nSPS) is 10.8. The number of benzene rings is 1. The molecule has 16 heavy (non-hydrogen) atoms. The van der Waals surface area contributed by atoms with E-state index in [1.54, 1.807) is 12.4 Å². The quantitative estimate of drug-likeness (QED) is 0.682. The fourth-order valence-corrected chi connectivity index (χ4v) is 2.08. The number of imidazole rings is 1. The maximum atomic E-state index is 4.39. The van der Waals surface area contributed by atoms with E-state index in [-0.39, 0.29) is 0 Å². The molecular formula is C12H8BrN3. The average molecular weight is 274 g/mol. The number of hydrogen-bond donors (Lipinski definition) is 0. The van der Waals surface area contributed by atoms with Crippen LogP contribution in [0.2, 0.25) is 0 Å². The summed E-state index contributed by atoms with van der Waals surface area (Å²) in [6.45, 7) is 0. The summed E-state index contributed by atoms with van der Waals surface area (Å²) in [5, 5.41) is 0. The molecule has 0 atom stereocenters. The van der Waals surface area contributed by atoms with E-state index in [9.17, 15) is 0 Å². The molecule has 0 aliphatic heterocycles. The zero-order valence-corrected chi connectivity index (χ0v) is 9.92. The molecule has 78 valence electrons. The minimum absolute atomic E-state index is 0.859. The summed E-state index contributed by atoms with van der Waals surface area (Å²) in [5.74, 6) is 0.907. The summed E-state index contributed by atoms with van der Waals surface area (Å²) >= 11 is 3.46. The van der Waals surface area contributed by atoms with Crippen LogP contribution >= 0.6 is 15.9 Å². The van der Waals surface area contributed by atoms with Gasteiger partial charge in [-0.2, -0.15) is 0 Å². The van der Waals surface area contributed by atoms with Gasteiger partial charge in [0.25, 0.3) is 0 Å². The van der Waals surface area contributed by atoms with Crippen LogP contribution in [0, 0.1) is 0 Å². The number of hydrogen-bond acceptors (Lipinski definition) is 2. The summed E-state index contributed by atoms with van der Waals surface area (Å²) in [5.41, 5.74) is 1.93. The van der Waals surface area contributed by atoms with Crippen molar-refractivity contribution in [1.29, 1.82) is 0 Å². The molecule has 0 aliphatic carbocycles. The molecule has 3 rings (SSSR count). The van der Waals surface area contributed by atoms with Crippen molar-refractivity contribution in [2.45, 2.75) is 0 Å². The minimum Gasteiger partial charge on any atom is -0.284 e. The van der Waals surface area contributed by atoms with E-state index in [0.717, 1.165) is 21.5 Å². The standard InChI is InChI=1S/C12H8BrN3/c13-10-4-1-3-9(7-10)12-15-8-11-14-5-2-6-16(11)12/h1-8H. The first-order chi connectivity index (χ1) is 7.84. The minimum atomic E-state index is 0.859. The van der Waals surface area contributed by atoms with Crippen molar-refractivity contribution in [3.05, 3.63) is 53.4 Å². The molecule has 0 unspecified atom stereocenters. The first kappa shape index (κ1) is 9.54. The van der Waals surface area contributed by atoms with Crippen LogP contribution in [0.25, 0.3) is 17.0 Å². The van der Waals surface area contributed by atoms with Crippen molar-refractivity contribution in [3.63, 3.8) is 0 Å². The first-order valence-electron chi connectivity index (χ1n) is 4.88. The molecule has 1 aromatic carbocycles. The number of halogens is 1. The number of nitrogens with zero attached hydrogens (tertiary/aromatic N) is 3. The molecule has 0 spiro atoms. The SMILES string of the molecule is Brc1cccc(-c2ncc3ncccn23)c1. The van der Waals surface area contributed by atoms with E-state index in [0.29, 0.717) is 0 Å². The van der Waals surface area contributed by atoms with E-state index in [1.165, 1.54) is 0 Å². The Morgan fingerprint density at radius 3 is 2.94 bits per heavy atom. The summed E-state index contributed by atoms with van der Waals surface area (Å²) in [7, 11) is 0. The Labute approximate surface area is 101 Å². The van der Waals surface area contributed by atoms with Crippen LogP contribution in [0.15, 0.2) is 53.4 Å². The lowest BCUT2D eigenvalue weighted by atomic mass is 10.2. The van der Waals surface area contributed by atoms with Gasteiger partial charge in [0, 0.05) is 22.4 Å². The van der Waals surface area contributed by atoms with Gasteiger partial charge in [0.1, 0.15) is 5.82 Å². The summed E-state index contributed by atoms with van der Waals surface area (Å²) in [4.78, 5) is 8.62. The van der Waals surface area contributed by atoms with Gasteiger partial charge in [-0.25, -0.2) is 9.97 Å². The molecular weight excluding hydrogens is 266 g/mol. The van der Waals surface area contributed by atoms with Crippen molar-refractivity contribution in [1.82, 2.24) is 14.4 Å². The summed E-state index contributed by atoms with van der Waals surface area (Å²) < 4.78 is 3.02. The van der Waals surface area contributed by atoms with Crippen molar-refractivity contribution < 1.29 is 0 Å². The highest BCUT2D eigenvalue weighted by Crippen LogP contribution is 2.22. The Hall–Kier alpha value is -1.68. The molecule has 0 fully saturated rings. The molecule has 0 radical (unpaired) electrons. The third-order valence-electron chi connectivity index (χ3n) is 2.39. The Balaban J connectivity index is 2.26. The first-order valence-corrected chi connectivity index (χ1v) is 5.68. The van der Waals surface area contributed by atoms with Crippen molar-refractivity contribution in [2.24, 2.45) is 0 Å². The molecule has 0 saturated heterocycles. The molecule has 2 heterocycles. The van der Waals surface area contributed by atoms with Gasteiger partial charge >= 0.3 is 0 Å². The molecule has 0 N–H and O–H groups in total. The fraction of sp³-hybridized carbons (Fsp3) is 0. The fourth-order valence-electron chi connectivity index (χ4n) is 1.68. The molecule has 4 heteroatoms. The predicted octanol–water partition coefficient (Wildman–Crippen LogP) is 3.16. The summed E-state index contributed by atoms with van der Waals surface area (Å²) in [6, 6.07) is 9.97. The van der Waals surface area contributed by atoms with Gasteiger partial charge in [-0.05, 0) is 18.2 Å². The molecule has 0 aliphatic rings. The highest BCUT2D eigenvalue weighted by molar-refractivity contribution is 9.10. The molecule has 0 amide bonds. The second kappa shape index (κ2) is 3.72. The van der Waals surface area contributed by atoms with E-state index >= 15 is 0 Å². The van der Waals surface area contributed by atoms with Crippen LogP contribution < -0.4 is 0 Å². The molecule has 0 saturated carbocycles. The van der Waals surface area contributed by atoms with E-state index in [1.807, 2.05) is 40.9 Å². The second-order valence-electron chi connectivity index (χ2n) is 3.44. The highest BCUT2D eigenvalue weighted by atomic mass is 79.9. The summed E-state index contributed by atoms with van der Waals surface area (Å²) in [6.07, 6.45) is 5.50. The Bertz CT molecular complexity index is 645. The molecule has 2 aromatic heterocycles. The van der Waals surface area contributed by atoms with Gasteiger partial charge in [0.15, 0.2) is 5.65 Å². The number of fused-ring (bicyclic) bond motifs is 1. The zero-order chi connectivity index (χ0) is 11.0. The lowest BCUT2D eigenvalue weighted by molar-refractivity contribution is 1.12. The largest absolute Gasteiger partial charge is 0.284 e. The lowest BCUT2D eigenvalue weighted by Crippen LogP contribution is -1.89. The van der Waals surface area contributed by atoms with Gasteiger partial charge in [-0.3, -0.25) is 4.40 Å². The van der Waals surface area contributed by atoms with Gasteiger partial charge in [-0.15, -0.1) is 0 Å². The van der Waals surface area contributed by atoms with E-state index in [4.69, 9.17) is 0 Å². The zero-order valence-electron chi connectivity index (χ0n) is 8.34. The highest BCUT2D eigenvalue weighted by Gasteiger charge is 2.06. The smallest absolute Gasteiger partial charge is 0.156 e. The molecule has 0 bridgehead atoms. The van der Waals surface area contributed by atoms with Gasteiger partial charge < -0.3 is 0 Å². The number of rotatable bonds is 1. The average Bonchev–Trinajstić information content (AvgIpc) is 2.72. The third-order valence-corrected chi connectivity index (χ3v) is 2.88. The van der Waals surface area contributed by atoms with E-state index in [2.05, 4.69) is 25.9 Å². The Morgan fingerprint density at radius 2 is 2.06 bits per heavy atom. The van der Waals surface area contributed by atoms with Crippen LogP contribution in [0.1, 0.15) is 0 Å². The topological polar surface area (TPSA) is 30.2 Å². The molecule has 3 nitrogen and oxygen atoms in total. The van der Waals surface area contributed by atoms with Crippen LogP contribution in [-0.2, 0) is 0 Å². The maximum Gasteiger partial charge on any atom is 0.156 e. The van der Waals surface area contributed by atoms with Crippen molar-refractivity contribution in [3.8, 4) is 11.4 Å². The van der Waals surface area contributed by atoms with Crippen LogP contribution in [0.3, 0.4) is 0 Å². The lowest BCUT2D eigenvalue weighted by Gasteiger charge is -2.00. The van der Waals surface area contributed by atoms with Crippen LogP contribution in [0.4, 0.5) is 0 Å². The predicted molar refractivity (Wildman–Crippen MR) is 66.1 cm³/mol.